The molecule has 0 aromatic heterocycles. The first-order valence-corrected chi connectivity index (χ1v) is 22.3. The molecule has 9 rings (SSSR count). The monoisotopic (exact) mass is 776 g/mol. The predicted octanol–water partition coefficient (Wildman–Crippen LogP) is 6.95. The summed E-state index contributed by atoms with van der Waals surface area (Å²) in [7, 11) is 0. The molecule has 9 aromatic rings. The minimum Gasteiger partial charge on any atom is -1.00 e. The Morgan fingerprint density at radius 3 is 1.19 bits per heavy atom. The van der Waals surface area contributed by atoms with E-state index < -0.39 is 0 Å². The van der Waals surface area contributed by atoms with Gasteiger partial charge in [0.2, 0.25) is 0 Å². The van der Waals surface area contributed by atoms with Crippen molar-refractivity contribution >= 4 is 54.5 Å². The zero-order valence-corrected chi connectivity index (χ0v) is 34.5. The van der Waals surface area contributed by atoms with Crippen molar-refractivity contribution in [3.8, 4) is 22.3 Å². The minimum atomic E-state index is -0.212. The number of hydrogen-bond donors (Lipinski definition) is 0. The molecule has 0 amide bonds. The zero-order valence-electron chi connectivity index (χ0n) is 30.4. The Morgan fingerprint density at radius 1 is 0.434 bits per heavy atom. The summed E-state index contributed by atoms with van der Waals surface area (Å²) in [6.07, 6.45) is 1.96. The Labute approximate surface area is 338 Å². The number of rotatable bonds is 5. The molecule has 0 bridgehead atoms. The molecule has 0 aliphatic rings. The van der Waals surface area contributed by atoms with Crippen LogP contribution in [0.25, 0.3) is 65.3 Å². The normalized spacial score (nSPS) is 10.5. The van der Waals surface area contributed by atoms with E-state index in [0.717, 1.165) is 12.8 Å². The van der Waals surface area contributed by atoms with Gasteiger partial charge < -0.3 is 24.8 Å². The van der Waals surface area contributed by atoms with Crippen LogP contribution >= 0.6 is 0 Å². The Balaban J connectivity index is 0.000000162. The van der Waals surface area contributed by atoms with Crippen molar-refractivity contribution in [3.05, 3.63) is 187 Å². The maximum atomic E-state index is 2.34. The summed E-state index contributed by atoms with van der Waals surface area (Å²) < 4.78 is 0. The third kappa shape index (κ3) is 8.95. The first kappa shape index (κ1) is 40.0. The van der Waals surface area contributed by atoms with Crippen LogP contribution in [0.5, 0.6) is 0 Å². The van der Waals surface area contributed by atoms with Crippen LogP contribution in [0.1, 0.15) is 25.0 Å². The maximum Gasteiger partial charge on any atom is -1.00 e. The largest absolute Gasteiger partial charge is 1.00 e. The van der Waals surface area contributed by atoms with Crippen molar-refractivity contribution in [1.82, 2.24) is 0 Å². The molecule has 0 spiro atoms. The third-order valence-electron chi connectivity index (χ3n) is 9.80. The Morgan fingerprint density at radius 2 is 0.792 bits per heavy atom. The summed E-state index contributed by atoms with van der Waals surface area (Å²) in [6.45, 7) is 6.73. The Hall–Kier alpha value is -4.21. The second-order valence-electron chi connectivity index (χ2n) is 13.1. The van der Waals surface area contributed by atoms with Crippen LogP contribution in [0, 0.1) is 0 Å². The third-order valence-corrected chi connectivity index (χ3v) is 12.4. The molecule has 0 nitrogen and oxygen atoms in total. The van der Waals surface area contributed by atoms with Gasteiger partial charge in [-0.2, -0.15) is 12.1 Å². The Bertz CT molecular complexity index is 2430. The van der Waals surface area contributed by atoms with E-state index in [1.54, 1.807) is 0 Å². The van der Waals surface area contributed by atoms with Crippen LogP contribution < -0.4 is 30.0 Å². The molecule has 0 heterocycles. The summed E-state index contributed by atoms with van der Waals surface area (Å²) in [6, 6.07) is 63.6. The van der Waals surface area contributed by atoms with Crippen LogP contribution in [-0.2, 0) is 32.0 Å². The number of aryl methyl sites for hydroxylation is 2. The molecule has 0 aliphatic heterocycles. The number of halogens is 2. The van der Waals surface area contributed by atoms with Crippen LogP contribution in [0.3, 0.4) is 0 Å². The van der Waals surface area contributed by atoms with Gasteiger partial charge in [-0.1, -0.05) is 122 Å². The molecule has 0 radical (unpaired) electrons. The Kier molecular flexibility index (Phi) is 14.1. The first-order chi connectivity index (χ1) is 25.0. The van der Waals surface area contributed by atoms with Crippen LogP contribution in [0.2, 0.25) is 6.55 Å². The summed E-state index contributed by atoms with van der Waals surface area (Å²) >= 11 is 2.31. The molecule has 0 aliphatic carbocycles. The zero-order chi connectivity index (χ0) is 35.2. The molecule has 262 valence electrons. The smallest absolute Gasteiger partial charge is 1.00 e. The fourth-order valence-electron chi connectivity index (χ4n) is 7.08. The average molecular weight is 778 g/mol. The fourth-order valence-corrected chi connectivity index (χ4v) is 8.55. The van der Waals surface area contributed by atoms with Crippen LogP contribution in [0.15, 0.2) is 176 Å². The van der Waals surface area contributed by atoms with E-state index in [-0.39, 0.29) is 31.0 Å². The van der Waals surface area contributed by atoms with Crippen molar-refractivity contribution < 1.29 is 44.0 Å². The van der Waals surface area contributed by atoms with Crippen molar-refractivity contribution in [2.24, 2.45) is 0 Å². The summed E-state index contributed by atoms with van der Waals surface area (Å²) in [5.41, 5.74) is 8.15. The molecular weight excluding hydrogens is 735 g/mol. The molecule has 0 N–H and O–H groups in total. The van der Waals surface area contributed by atoms with E-state index in [9.17, 15) is 0 Å². The number of hydrogen-bond acceptors (Lipinski definition) is 0. The molecule has 9 aromatic carbocycles. The van der Waals surface area contributed by atoms with E-state index >= 15 is 0 Å². The van der Waals surface area contributed by atoms with Gasteiger partial charge in [0, 0.05) is 0 Å². The van der Waals surface area contributed by atoms with Crippen molar-refractivity contribution in [2.45, 2.75) is 33.2 Å². The van der Waals surface area contributed by atoms with Gasteiger partial charge in [-0.05, 0) is 45.5 Å². The van der Waals surface area contributed by atoms with Crippen molar-refractivity contribution in [2.75, 3.05) is 0 Å². The van der Waals surface area contributed by atoms with Gasteiger partial charge in [-0.3, -0.25) is 0 Å². The second kappa shape index (κ2) is 18.7. The second-order valence-corrected chi connectivity index (χ2v) is 18.4. The van der Waals surface area contributed by atoms with Gasteiger partial charge >= 0.3 is 67.4 Å². The predicted molar refractivity (Wildman–Crippen MR) is 221 cm³/mol. The first-order valence-electron chi connectivity index (χ1n) is 18.0. The van der Waals surface area contributed by atoms with Gasteiger partial charge in [0.05, 0.1) is 0 Å². The molecule has 0 saturated carbocycles. The van der Waals surface area contributed by atoms with Gasteiger partial charge in [-0.25, -0.2) is 0 Å². The van der Waals surface area contributed by atoms with E-state index in [4.69, 9.17) is 0 Å². The van der Waals surface area contributed by atoms with E-state index in [1.807, 2.05) is 0 Å². The molecule has 0 unspecified atom stereocenters. The summed E-state index contributed by atoms with van der Waals surface area (Å²) in [4.78, 5) is 0. The van der Waals surface area contributed by atoms with Crippen molar-refractivity contribution in [3.63, 3.8) is 0 Å². The molecule has 4 heteroatoms. The molecule has 0 atom stereocenters. The van der Waals surface area contributed by atoms with Crippen LogP contribution in [-0.4, -0.2) is 6.19 Å². The molecule has 0 fully saturated rings. The van der Waals surface area contributed by atoms with Gasteiger partial charge in [0.1, 0.15) is 0 Å². The summed E-state index contributed by atoms with van der Waals surface area (Å²) in [5, 5.41) is 12.2. The van der Waals surface area contributed by atoms with Crippen LogP contribution in [0.4, 0.5) is 0 Å². The number of benzene rings is 7. The molecule has 53 heavy (non-hydrogen) atoms. The molecular formula is C49H42Cl2SiTi-2. The van der Waals surface area contributed by atoms with Crippen molar-refractivity contribution in [1.29, 1.82) is 0 Å². The standard InChI is InChI=1S/2C21H17.C7H8Si.2ClH.Ti/c2*1-2-15-13-17-9-6-12-20(21(17)14-15)19-11-5-8-16-7-3-4-10-18(16)19;1-8-7-5-3-2-4-6-7;;;/h2*3-14H,2H2,1H3;2-6H,1H3;2*1H;/q2*-1;;;;+2/p-2. The van der Waals surface area contributed by atoms with E-state index in [2.05, 4.69) is 215 Å². The number of fused-ring (bicyclic) bond motifs is 4. The fraction of sp³-hybridized carbons (Fsp3) is 0.102. The van der Waals surface area contributed by atoms with Gasteiger partial charge in [-0.15, -0.1) is 69.1 Å². The minimum absolute atomic E-state index is 0. The van der Waals surface area contributed by atoms with Gasteiger partial charge in [0.15, 0.2) is 0 Å². The van der Waals surface area contributed by atoms with Gasteiger partial charge in [0.25, 0.3) is 0 Å². The van der Waals surface area contributed by atoms with E-state index in [0.29, 0.717) is 0 Å². The quantitative estimate of drug-likeness (QED) is 0.131. The average Bonchev–Trinajstić information content (AvgIpc) is 3.83. The SMILES string of the molecule is CCc1cc2c(-c3cccc4ccccc34)cccc2[cH-]1.CCc1cc2c(-c3cccc4ccccc34)cccc2[cH-]1.C[Si](=[Ti+2])c1ccccc1.[Cl-].[Cl-]. The van der Waals surface area contributed by atoms with E-state index in [1.165, 1.54) is 81.7 Å². The molecule has 0 saturated heterocycles. The topological polar surface area (TPSA) is 0 Å². The summed E-state index contributed by atoms with van der Waals surface area (Å²) in [5.74, 6) is 0. The maximum absolute atomic E-state index is 2.34.